The monoisotopic (exact) mass is 261 g/mol. The summed E-state index contributed by atoms with van der Waals surface area (Å²) in [6, 6.07) is 9.56. The number of rotatable bonds is 2. The molecule has 1 amide bonds. The highest BCUT2D eigenvalue weighted by Gasteiger charge is 2.30. The summed E-state index contributed by atoms with van der Waals surface area (Å²) in [7, 11) is 0. The zero-order valence-electron chi connectivity index (χ0n) is 9.66. The molecule has 0 saturated carbocycles. The fourth-order valence-electron chi connectivity index (χ4n) is 2.19. The standard InChI is InChI=1S/C13H12ClN3O/c14-10-8-13(18)16(9-10)11-4-1-2-5-12(11)17-7-3-6-15-17/h1-7,10H,8-9H2. The van der Waals surface area contributed by atoms with Gasteiger partial charge in [0.05, 0.1) is 16.8 Å². The van der Waals surface area contributed by atoms with Gasteiger partial charge >= 0.3 is 0 Å². The van der Waals surface area contributed by atoms with Crippen molar-refractivity contribution < 1.29 is 4.79 Å². The number of anilines is 1. The molecule has 1 unspecified atom stereocenters. The van der Waals surface area contributed by atoms with Crippen molar-refractivity contribution in [1.29, 1.82) is 0 Å². The maximum Gasteiger partial charge on any atom is 0.228 e. The Morgan fingerprint density at radius 1 is 1.22 bits per heavy atom. The van der Waals surface area contributed by atoms with Crippen LogP contribution in [0.15, 0.2) is 42.7 Å². The Hall–Kier alpha value is -1.81. The molecule has 0 aliphatic carbocycles. The largest absolute Gasteiger partial charge is 0.309 e. The molecule has 0 spiro atoms. The molecule has 1 aromatic carbocycles. The van der Waals surface area contributed by atoms with Crippen LogP contribution < -0.4 is 4.90 Å². The highest BCUT2D eigenvalue weighted by molar-refractivity contribution is 6.24. The average molecular weight is 262 g/mol. The molecule has 4 nitrogen and oxygen atoms in total. The lowest BCUT2D eigenvalue weighted by atomic mass is 10.2. The van der Waals surface area contributed by atoms with Crippen molar-refractivity contribution in [2.45, 2.75) is 11.8 Å². The number of para-hydroxylation sites is 2. The smallest absolute Gasteiger partial charge is 0.228 e. The first-order valence-electron chi connectivity index (χ1n) is 5.79. The van der Waals surface area contributed by atoms with Gasteiger partial charge in [0.1, 0.15) is 0 Å². The third-order valence-corrected chi connectivity index (χ3v) is 3.29. The zero-order chi connectivity index (χ0) is 12.5. The molecule has 2 heterocycles. The van der Waals surface area contributed by atoms with E-state index in [1.54, 1.807) is 15.8 Å². The number of amides is 1. The molecule has 5 heteroatoms. The van der Waals surface area contributed by atoms with Crippen LogP contribution in [0.1, 0.15) is 6.42 Å². The first-order valence-corrected chi connectivity index (χ1v) is 6.23. The number of hydrogen-bond donors (Lipinski definition) is 0. The van der Waals surface area contributed by atoms with Crippen molar-refractivity contribution >= 4 is 23.2 Å². The van der Waals surface area contributed by atoms with Gasteiger partial charge in [-0.15, -0.1) is 11.6 Å². The molecule has 1 aliphatic rings. The number of nitrogens with zero attached hydrogens (tertiary/aromatic N) is 3. The van der Waals surface area contributed by atoms with E-state index in [1.165, 1.54) is 0 Å². The van der Waals surface area contributed by atoms with Crippen LogP contribution in [0.5, 0.6) is 0 Å². The lowest BCUT2D eigenvalue weighted by molar-refractivity contribution is -0.117. The predicted octanol–water partition coefficient (Wildman–Crippen LogP) is 2.22. The van der Waals surface area contributed by atoms with Crippen LogP contribution in [0.2, 0.25) is 0 Å². The van der Waals surface area contributed by atoms with E-state index in [2.05, 4.69) is 5.10 Å². The number of carbonyl (C=O) groups excluding carboxylic acids is 1. The summed E-state index contributed by atoms with van der Waals surface area (Å²) in [4.78, 5) is 13.6. The molecule has 1 aromatic heterocycles. The number of aromatic nitrogens is 2. The van der Waals surface area contributed by atoms with Gasteiger partial charge in [0.2, 0.25) is 5.91 Å². The Kier molecular flexibility index (Phi) is 2.80. The van der Waals surface area contributed by atoms with Crippen LogP contribution in [0.25, 0.3) is 5.69 Å². The van der Waals surface area contributed by atoms with E-state index in [0.717, 1.165) is 11.4 Å². The third-order valence-electron chi connectivity index (χ3n) is 3.00. The van der Waals surface area contributed by atoms with Crippen molar-refractivity contribution in [2.75, 3.05) is 11.4 Å². The van der Waals surface area contributed by atoms with Crippen LogP contribution >= 0.6 is 11.6 Å². The molecule has 0 N–H and O–H groups in total. The quantitative estimate of drug-likeness (QED) is 0.778. The summed E-state index contributed by atoms with van der Waals surface area (Å²) in [6.45, 7) is 0.554. The highest BCUT2D eigenvalue weighted by Crippen LogP contribution is 2.29. The second-order valence-corrected chi connectivity index (χ2v) is 4.86. The van der Waals surface area contributed by atoms with Crippen LogP contribution in [-0.2, 0) is 4.79 Å². The summed E-state index contributed by atoms with van der Waals surface area (Å²) < 4.78 is 1.75. The SMILES string of the molecule is O=C1CC(Cl)CN1c1ccccc1-n1cccn1. The number of carbonyl (C=O) groups is 1. The molecule has 92 valence electrons. The minimum atomic E-state index is -0.108. The molecule has 0 radical (unpaired) electrons. The lowest BCUT2D eigenvalue weighted by Gasteiger charge is -2.19. The highest BCUT2D eigenvalue weighted by atomic mass is 35.5. The minimum Gasteiger partial charge on any atom is -0.309 e. The molecule has 18 heavy (non-hydrogen) atoms. The van der Waals surface area contributed by atoms with Crippen LogP contribution in [0.3, 0.4) is 0 Å². The van der Waals surface area contributed by atoms with Gasteiger partial charge in [0, 0.05) is 25.4 Å². The number of alkyl halides is 1. The molecule has 1 fully saturated rings. The van der Waals surface area contributed by atoms with Crippen LogP contribution in [0.4, 0.5) is 5.69 Å². The lowest BCUT2D eigenvalue weighted by Crippen LogP contribution is -2.26. The summed E-state index contributed by atoms with van der Waals surface area (Å²) in [5.74, 6) is 0.0645. The van der Waals surface area contributed by atoms with E-state index >= 15 is 0 Å². The van der Waals surface area contributed by atoms with E-state index in [4.69, 9.17) is 11.6 Å². The van der Waals surface area contributed by atoms with E-state index in [1.807, 2.05) is 36.5 Å². The Morgan fingerprint density at radius 2 is 2.00 bits per heavy atom. The third kappa shape index (κ3) is 1.88. The van der Waals surface area contributed by atoms with Crippen molar-refractivity contribution in [3.8, 4) is 5.69 Å². The van der Waals surface area contributed by atoms with Gasteiger partial charge in [-0.1, -0.05) is 12.1 Å². The maximum atomic E-state index is 11.9. The number of hydrogen-bond acceptors (Lipinski definition) is 2. The topological polar surface area (TPSA) is 38.1 Å². The Bertz CT molecular complexity index is 567. The zero-order valence-corrected chi connectivity index (χ0v) is 10.4. The maximum absolute atomic E-state index is 11.9. The van der Waals surface area contributed by atoms with Gasteiger partial charge in [-0.05, 0) is 18.2 Å². The molecule has 1 atom stereocenters. The second kappa shape index (κ2) is 4.46. The van der Waals surface area contributed by atoms with Gasteiger partial charge in [-0.2, -0.15) is 5.10 Å². The van der Waals surface area contributed by atoms with Gasteiger partial charge in [0.25, 0.3) is 0 Å². The Labute approximate surface area is 110 Å². The molecule has 1 saturated heterocycles. The molecule has 1 aliphatic heterocycles. The summed E-state index contributed by atoms with van der Waals surface area (Å²) in [6.07, 6.45) is 3.97. The van der Waals surface area contributed by atoms with Gasteiger partial charge < -0.3 is 4.90 Å². The van der Waals surface area contributed by atoms with Gasteiger partial charge in [-0.25, -0.2) is 4.68 Å². The van der Waals surface area contributed by atoms with E-state index in [9.17, 15) is 4.79 Å². The van der Waals surface area contributed by atoms with Crippen LogP contribution in [0, 0.1) is 0 Å². The van der Waals surface area contributed by atoms with E-state index in [0.29, 0.717) is 13.0 Å². The summed E-state index contributed by atoms with van der Waals surface area (Å²) in [5.41, 5.74) is 1.75. The predicted molar refractivity (Wildman–Crippen MR) is 70.2 cm³/mol. The van der Waals surface area contributed by atoms with Crippen molar-refractivity contribution in [2.24, 2.45) is 0 Å². The summed E-state index contributed by atoms with van der Waals surface area (Å²) >= 11 is 6.04. The van der Waals surface area contributed by atoms with Gasteiger partial charge in [0.15, 0.2) is 0 Å². The fraction of sp³-hybridized carbons (Fsp3) is 0.231. The Morgan fingerprint density at radius 3 is 2.61 bits per heavy atom. The van der Waals surface area contributed by atoms with Crippen molar-refractivity contribution in [1.82, 2.24) is 9.78 Å². The molecule has 2 aromatic rings. The van der Waals surface area contributed by atoms with Crippen LogP contribution in [-0.4, -0.2) is 27.6 Å². The van der Waals surface area contributed by atoms with Crippen molar-refractivity contribution in [3.63, 3.8) is 0 Å². The number of benzene rings is 1. The summed E-state index contributed by atoms with van der Waals surface area (Å²) in [5, 5.41) is 4.10. The number of halogens is 1. The fourth-order valence-corrected chi connectivity index (χ4v) is 2.46. The first-order chi connectivity index (χ1) is 8.75. The molecular weight excluding hydrogens is 250 g/mol. The minimum absolute atomic E-state index is 0.0645. The van der Waals surface area contributed by atoms with Gasteiger partial charge in [-0.3, -0.25) is 4.79 Å². The molecular formula is C13H12ClN3O. The Balaban J connectivity index is 2.05. The van der Waals surface area contributed by atoms with E-state index in [-0.39, 0.29) is 11.3 Å². The molecule has 0 bridgehead atoms. The average Bonchev–Trinajstić information content (AvgIpc) is 2.99. The van der Waals surface area contributed by atoms with E-state index < -0.39 is 0 Å². The second-order valence-electron chi connectivity index (χ2n) is 4.25. The normalized spacial score (nSPS) is 19.5. The molecule has 3 rings (SSSR count). The first kappa shape index (κ1) is 11.3. The van der Waals surface area contributed by atoms with Crippen molar-refractivity contribution in [3.05, 3.63) is 42.7 Å².